The average Bonchev–Trinajstić information content (AvgIpc) is 3.16. The molecule has 0 radical (unpaired) electrons. The summed E-state index contributed by atoms with van der Waals surface area (Å²) in [6, 6.07) is 18.2. The molecule has 0 aliphatic rings. The van der Waals surface area contributed by atoms with E-state index in [1.807, 2.05) is 18.2 Å². The number of amides is 1. The number of carbonyl (C=O) groups is 1. The molecule has 0 fully saturated rings. The summed E-state index contributed by atoms with van der Waals surface area (Å²) in [5.74, 6) is 0.378. The lowest BCUT2D eigenvalue weighted by atomic mass is 10.1. The van der Waals surface area contributed by atoms with Crippen LogP contribution in [0.1, 0.15) is 22.4 Å². The van der Waals surface area contributed by atoms with Crippen LogP contribution in [0.4, 0.5) is 5.13 Å². The van der Waals surface area contributed by atoms with Crippen molar-refractivity contribution in [2.75, 3.05) is 10.7 Å². The highest BCUT2D eigenvalue weighted by atomic mass is 32.2. The Labute approximate surface area is 185 Å². The molecule has 0 spiro atoms. The zero-order valence-corrected chi connectivity index (χ0v) is 18.9. The smallest absolute Gasteiger partial charge is 0.239 e. The SMILES string of the molecule is Cc1ccc(SCC(=O)N(Cc2ccccn2)c2nc3cc(C)cc(C)c3s2)cc1. The van der Waals surface area contributed by atoms with Crippen molar-refractivity contribution in [3.05, 3.63) is 83.2 Å². The highest BCUT2D eigenvalue weighted by Gasteiger charge is 2.21. The second-order valence-electron chi connectivity index (χ2n) is 7.33. The standard InChI is InChI=1S/C24H23N3OS2/c1-16-7-9-20(10-8-16)29-15-22(28)27(14-19-6-4-5-11-25-19)24-26-21-13-17(2)12-18(3)23(21)30-24/h4-13H,14-15H2,1-3H3. The first kappa shape index (κ1) is 20.6. The van der Waals surface area contributed by atoms with Crippen LogP contribution in [-0.2, 0) is 11.3 Å². The minimum atomic E-state index is 0.0275. The van der Waals surface area contributed by atoms with Crippen molar-refractivity contribution in [2.45, 2.75) is 32.2 Å². The Morgan fingerprint density at radius 1 is 1.03 bits per heavy atom. The number of aryl methyl sites for hydroxylation is 3. The Bertz CT molecular complexity index is 1170. The molecule has 0 atom stereocenters. The molecule has 1 amide bonds. The number of fused-ring (bicyclic) bond motifs is 1. The fourth-order valence-corrected chi connectivity index (χ4v) is 5.06. The zero-order valence-electron chi connectivity index (χ0n) is 17.3. The zero-order chi connectivity index (χ0) is 21.1. The van der Waals surface area contributed by atoms with Crippen LogP contribution in [0, 0.1) is 20.8 Å². The third kappa shape index (κ3) is 4.71. The van der Waals surface area contributed by atoms with Gasteiger partial charge < -0.3 is 0 Å². The van der Waals surface area contributed by atoms with Crippen molar-refractivity contribution < 1.29 is 4.79 Å². The van der Waals surface area contributed by atoms with Crippen LogP contribution in [-0.4, -0.2) is 21.6 Å². The second kappa shape index (κ2) is 8.98. The minimum Gasteiger partial charge on any atom is -0.281 e. The van der Waals surface area contributed by atoms with E-state index in [1.165, 1.54) is 16.7 Å². The fourth-order valence-electron chi connectivity index (χ4n) is 3.25. The normalized spacial score (nSPS) is 11.0. The van der Waals surface area contributed by atoms with E-state index >= 15 is 0 Å². The van der Waals surface area contributed by atoms with Crippen molar-refractivity contribution in [1.82, 2.24) is 9.97 Å². The first-order chi connectivity index (χ1) is 14.5. The molecule has 4 rings (SSSR count). The summed E-state index contributed by atoms with van der Waals surface area (Å²) in [6.07, 6.45) is 1.75. The van der Waals surface area contributed by atoms with Gasteiger partial charge in [0.1, 0.15) is 0 Å². The maximum absolute atomic E-state index is 13.3. The third-order valence-electron chi connectivity index (χ3n) is 4.77. The minimum absolute atomic E-state index is 0.0275. The van der Waals surface area contributed by atoms with Gasteiger partial charge in [-0.1, -0.05) is 41.2 Å². The van der Waals surface area contributed by atoms with Gasteiger partial charge in [0.25, 0.3) is 0 Å². The Balaban J connectivity index is 1.63. The molecule has 2 heterocycles. The molecule has 30 heavy (non-hydrogen) atoms. The number of nitrogens with zero attached hydrogens (tertiary/aromatic N) is 3. The third-order valence-corrected chi connectivity index (χ3v) is 7.00. The van der Waals surface area contributed by atoms with E-state index in [0.29, 0.717) is 12.3 Å². The predicted molar refractivity (Wildman–Crippen MR) is 126 cm³/mol. The highest BCUT2D eigenvalue weighted by molar-refractivity contribution is 8.00. The number of pyridine rings is 1. The molecule has 0 saturated heterocycles. The van der Waals surface area contributed by atoms with E-state index in [9.17, 15) is 4.79 Å². The Hall–Kier alpha value is -2.70. The quantitative estimate of drug-likeness (QED) is 0.353. The van der Waals surface area contributed by atoms with Gasteiger partial charge >= 0.3 is 0 Å². The van der Waals surface area contributed by atoms with Gasteiger partial charge in [0.15, 0.2) is 5.13 Å². The van der Waals surface area contributed by atoms with Gasteiger partial charge in [-0.2, -0.15) is 0 Å². The van der Waals surface area contributed by atoms with Crippen molar-refractivity contribution in [2.24, 2.45) is 0 Å². The maximum Gasteiger partial charge on any atom is 0.239 e. The largest absolute Gasteiger partial charge is 0.281 e. The van der Waals surface area contributed by atoms with Gasteiger partial charge in [0.05, 0.1) is 28.2 Å². The molecule has 0 bridgehead atoms. The molecule has 152 valence electrons. The molecular weight excluding hydrogens is 410 g/mol. The summed E-state index contributed by atoms with van der Waals surface area (Å²) in [5, 5.41) is 0.721. The molecule has 6 heteroatoms. The number of carbonyl (C=O) groups excluding carboxylic acids is 1. The van der Waals surface area contributed by atoms with E-state index in [2.05, 4.69) is 62.2 Å². The average molecular weight is 434 g/mol. The van der Waals surface area contributed by atoms with Crippen LogP contribution >= 0.6 is 23.1 Å². The molecule has 0 saturated carbocycles. The number of thioether (sulfide) groups is 1. The fraction of sp³-hybridized carbons (Fsp3) is 0.208. The molecular formula is C24H23N3OS2. The van der Waals surface area contributed by atoms with Gasteiger partial charge in [-0.15, -0.1) is 11.8 Å². The van der Waals surface area contributed by atoms with E-state index in [-0.39, 0.29) is 5.91 Å². The molecule has 4 nitrogen and oxygen atoms in total. The Kier molecular flexibility index (Phi) is 6.16. The summed E-state index contributed by atoms with van der Waals surface area (Å²) in [6.45, 7) is 6.63. The lowest BCUT2D eigenvalue weighted by Gasteiger charge is -2.19. The number of hydrogen-bond acceptors (Lipinski definition) is 5. The molecule has 4 aromatic rings. The number of hydrogen-bond donors (Lipinski definition) is 0. The number of aromatic nitrogens is 2. The molecule has 0 aliphatic heterocycles. The van der Waals surface area contributed by atoms with Crippen molar-refractivity contribution in [3.63, 3.8) is 0 Å². The van der Waals surface area contributed by atoms with Gasteiger partial charge in [-0.05, 0) is 62.2 Å². The van der Waals surface area contributed by atoms with E-state index in [4.69, 9.17) is 4.98 Å². The number of thiazole rings is 1. The van der Waals surface area contributed by atoms with E-state index in [0.717, 1.165) is 25.9 Å². The lowest BCUT2D eigenvalue weighted by Crippen LogP contribution is -2.32. The van der Waals surface area contributed by atoms with Crippen molar-refractivity contribution in [3.8, 4) is 0 Å². The highest BCUT2D eigenvalue weighted by Crippen LogP contribution is 2.33. The van der Waals surface area contributed by atoms with E-state index < -0.39 is 0 Å². The van der Waals surface area contributed by atoms with Crippen molar-refractivity contribution in [1.29, 1.82) is 0 Å². The summed E-state index contributed by atoms with van der Waals surface area (Å²) in [4.78, 5) is 25.3. The van der Waals surface area contributed by atoms with Gasteiger partial charge in [0, 0.05) is 11.1 Å². The van der Waals surface area contributed by atoms with Crippen LogP contribution in [0.2, 0.25) is 0 Å². The number of benzene rings is 2. The van der Waals surface area contributed by atoms with Crippen LogP contribution in [0.5, 0.6) is 0 Å². The summed E-state index contributed by atoms with van der Waals surface area (Å²) in [7, 11) is 0. The predicted octanol–water partition coefficient (Wildman–Crippen LogP) is 5.94. The molecule has 2 aromatic heterocycles. The second-order valence-corrected chi connectivity index (χ2v) is 9.36. The van der Waals surface area contributed by atoms with Gasteiger partial charge in [-0.25, -0.2) is 4.98 Å². The van der Waals surface area contributed by atoms with Crippen LogP contribution in [0.25, 0.3) is 10.2 Å². The molecule has 0 N–H and O–H groups in total. The van der Waals surface area contributed by atoms with Crippen LogP contribution in [0.3, 0.4) is 0 Å². The lowest BCUT2D eigenvalue weighted by molar-refractivity contribution is -0.116. The number of anilines is 1. The molecule has 0 aliphatic carbocycles. The summed E-state index contributed by atoms with van der Waals surface area (Å²) >= 11 is 3.12. The monoisotopic (exact) mass is 433 g/mol. The first-order valence-corrected chi connectivity index (χ1v) is 11.6. The Morgan fingerprint density at radius 3 is 2.57 bits per heavy atom. The molecule has 2 aromatic carbocycles. The topological polar surface area (TPSA) is 46.1 Å². The number of rotatable bonds is 6. The summed E-state index contributed by atoms with van der Waals surface area (Å²) < 4.78 is 1.13. The maximum atomic E-state index is 13.3. The summed E-state index contributed by atoms with van der Waals surface area (Å²) in [5.41, 5.74) is 5.36. The van der Waals surface area contributed by atoms with E-state index in [1.54, 1.807) is 34.2 Å². The first-order valence-electron chi connectivity index (χ1n) is 9.77. The Morgan fingerprint density at radius 2 is 1.83 bits per heavy atom. The van der Waals surface area contributed by atoms with Gasteiger partial charge in [-0.3, -0.25) is 14.7 Å². The van der Waals surface area contributed by atoms with Crippen LogP contribution < -0.4 is 4.90 Å². The van der Waals surface area contributed by atoms with Gasteiger partial charge in [0.2, 0.25) is 5.91 Å². The van der Waals surface area contributed by atoms with Crippen LogP contribution in [0.15, 0.2) is 65.7 Å². The van der Waals surface area contributed by atoms with Crippen molar-refractivity contribution >= 4 is 44.4 Å². The molecule has 0 unspecified atom stereocenters.